The molecule has 14 N–H and O–H groups in total. The average Bonchev–Trinajstić information content (AvgIpc) is 3.27. The van der Waals surface area contributed by atoms with Crippen molar-refractivity contribution >= 4 is 107 Å². The van der Waals surface area contributed by atoms with Gasteiger partial charge in [-0.05, 0) is 108 Å². The molecule has 1 aliphatic rings. The number of alkyl carbamates (subject to hydrolysis) is 1. The summed E-state index contributed by atoms with van der Waals surface area (Å²) < 4.78 is 41.2. The molecule has 0 radical (unpaired) electrons. The molecule has 0 bridgehead atoms. The summed E-state index contributed by atoms with van der Waals surface area (Å²) in [6, 6.07) is -5.48. The predicted octanol–water partition coefficient (Wildman–Crippen LogP) is -0.533. The standard InChI is InChI=1S/C14H26BrN3O4.C11H17BrF3N3O3.C9H18BrN3O2.C9H17N3O2/c1-9(11(19)16-8-6-7-15)17-12(20)10(2)18-13(21)22-14(3,4)5;1-6(8(19)16-5-3-4-12)17-9(20)7(2)18-10(21)11(13,14)15;1-6(11)8(14)13-7(2)9(15)12-5-3-4-10;1-6-9(14)12-7(2)8(13)11-5-3-4-10-6/h9-10H,6-8H2,1-5H3,(H,16,19)(H,17,20)(H,18,21);6-7H,3-5H2,1-2H3,(H,16,19)(H,17,20)(H,18,21);6-7H,3-5,11H2,1-2H3,(H,12,15)(H,13,14);6-7,10H,3-5H2,1-2H3,(H,11,13)(H,12,14)/p+1/t9-,10-;3*6-,7-/m0000/s1. The van der Waals surface area contributed by atoms with E-state index in [0.29, 0.717) is 37.9 Å². The Bertz CT molecular complexity index is 1720. The van der Waals surface area contributed by atoms with Crippen molar-refractivity contribution in [1.29, 1.82) is 0 Å². The van der Waals surface area contributed by atoms with Crippen molar-refractivity contribution in [1.82, 2.24) is 53.2 Å². The van der Waals surface area contributed by atoms with E-state index in [1.165, 1.54) is 13.8 Å². The summed E-state index contributed by atoms with van der Waals surface area (Å²) >= 11 is 9.71. The van der Waals surface area contributed by atoms with Gasteiger partial charge in [-0.3, -0.25) is 43.7 Å². The molecule has 29 heteroatoms. The number of nitrogens with one attached hydrogen (secondary N) is 10. The molecule has 72 heavy (non-hydrogen) atoms. The highest BCUT2D eigenvalue weighted by Crippen LogP contribution is 2.12. The lowest BCUT2D eigenvalue weighted by Gasteiger charge is -2.22. The van der Waals surface area contributed by atoms with Gasteiger partial charge < -0.3 is 63.6 Å². The van der Waals surface area contributed by atoms with E-state index in [-0.39, 0.29) is 40.9 Å². The Labute approximate surface area is 445 Å². The largest absolute Gasteiger partial charge is 0.509 e. The summed E-state index contributed by atoms with van der Waals surface area (Å²) in [7, 11) is 0. The maximum absolute atomic E-state index is 12.1. The SMILES string of the molecule is C[C@@H]1NCCCNC(=O)[C@H](C)NC1=O.C[C@H](N)C(=O)N[C@@H](C)C(=O)NCCCBr.C[C@H](NC(=O)OC(C)(C)C)C(=O)N[C@@H](C)C(=O)NCCCBr.C[C@H](NC(=O)[C@H](C)[NH2+]C(=O)C(F)(F)F)C(=O)NCCCBr. The van der Waals surface area contributed by atoms with Crippen LogP contribution in [0, 0.1) is 0 Å². The summed E-state index contributed by atoms with van der Waals surface area (Å²) in [6.45, 7) is 20.5. The van der Waals surface area contributed by atoms with Crippen LogP contribution >= 0.6 is 47.8 Å². The molecule has 10 amide bonds. The fourth-order valence-electron chi connectivity index (χ4n) is 4.73. The summed E-state index contributed by atoms with van der Waals surface area (Å²) in [5.74, 6) is -4.83. The van der Waals surface area contributed by atoms with E-state index >= 15 is 0 Å². The Kier molecular flexibility index (Phi) is 39.3. The Balaban J connectivity index is -0.000000896. The molecule has 1 rings (SSSR count). The first-order valence-electron chi connectivity index (χ1n) is 23.2. The zero-order chi connectivity index (χ0) is 56.4. The summed E-state index contributed by atoms with van der Waals surface area (Å²) in [5, 5.41) is 28.8. The minimum Gasteiger partial charge on any atom is -0.444 e. The molecule has 1 aliphatic heterocycles. The van der Waals surface area contributed by atoms with E-state index in [4.69, 9.17) is 10.5 Å². The molecule has 0 spiro atoms. The molecular formula is C43H79Br3F3N12O11+. The number of ether oxygens (including phenoxy) is 1. The van der Waals surface area contributed by atoms with Gasteiger partial charge in [0.25, 0.3) is 5.91 Å². The molecule has 418 valence electrons. The number of alkyl halides is 6. The molecule has 0 unspecified atom stereocenters. The topological polar surface area (TPSA) is 343 Å². The highest BCUT2D eigenvalue weighted by atomic mass is 79.9. The molecule has 1 heterocycles. The number of primary amides is 1. The third kappa shape index (κ3) is 37.5. The zero-order valence-electron chi connectivity index (χ0n) is 43.0. The van der Waals surface area contributed by atoms with Gasteiger partial charge in [-0.25, -0.2) is 9.59 Å². The van der Waals surface area contributed by atoms with E-state index in [0.717, 1.165) is 43.4 Å². The van der Waals surface area contributed by atoms with E-state index in [1.54, 1.807) is 55.4 Å². The maximum Gasteiger partial charge on any atom is 0.509 e. The third-order valence-electron chi connectivity index (χ3n) is 8.97. The number of hydrogen-bond donors (Lipinski definition) is 12. The van der Waals surface area contributed by atoms with Gasteiger partial charge in [0.05, 0.1) is 12.1 Å². The van der Waals surface area contributed by atoms with Gasteiger partial charge in [-0.2, -0.15) is 13.2 Å². The van der Waals surface area contributed by atoms with Gasteiger partial charge in [0.2, 0.25) is 41.4 Å². The lowest BCUT2D eigenvalue weighted by atomic mass is 10.2. The molecule has 23 nitrogen and oxygen atoms in total. The minimum atomic E-state index is -5.01. The number of quaternary nitrogens is 1. The van der Waals surface area contributed by atoms with Crippen molar-refractivity contribution in [3.8, 4) is 0 Å². The van der Waals surface area contributed by atoms with Gasteiger partial charge in [0, 0.05) is 42.2 Å². The number of hydrogen-bond acceptors (Lipinski definition) is 13. The van der Waals surface area contributed by atoms with Crippen LogP contribution in [0.3, 0.4) is 0 Å². The molecule has 0 saturated carbocycles. The number of rotatable bonds is 20. The molecule has 0 aliphatic carbocycles. The molecular weight excluding hydrogens is 1160 g/mol. The van der Waals surface area contributed by atoms with Crippen molar-refractivity contribution < 1.29 is 71.2 Å². The van der Waals surface area contributed by atoms with Gasteiger partial charge in [0.1, 0.15) is 35.8 Å². The van der Waals surface area contributed by atoms with Crippen molar-refractivity contribution in [3.63, 3.8) is 0 Å². The van der Waals surface area contributed by atoms with Gasteiger partial charge in [0.15, 0.2) is 6.04 Å². The van der Waals surface area contributed by atoms with Crippen LogP contribution in [0.1, 0.15) is 102 Å². The number of nitrogens with two attached hydrogens (primary N) is 2. The number of carbonyl (C=O) groups is 10. The second kappa shape index (κ2) is 39.3. The van der Waals surface area contributed by atoms with E-state index < -0.39 is 83.8 Å². The quantitative estimate of drug-likeness (QED) is 0.0540. The molecule has 0 aromatic heterocycles. The predicted molar refractivity (Wildman–Crippen MR) is 275 cm³/mol. The fraction of sp³-hybridized carbons (Fsp3) is 0.767. The molecule has 1 saturated heterocycles. The van der Waals surface area contributed by atoms with E-state index in [9.17, 15) is 61.1 Å². The Morgan fingerprint density at radius 2 is 1.04 bits per heavy atom. The molecule has 0 aromatic rings. The Hall–Kier alpha value is -4.19. The van der Waals surface area contributed by atoms with Crippen LogP contribution in [0.4, 0.5) is 18.0 Å². The van der Waals surface area contributed by atoms with Crippen molar-refractivity contribution in [2.75, 3.05) is 48.7 Å². The Morgan fingerprint density at radius 3 is 1.43 bits per heavy atom. The first kappa shape index (κ1) is 72.1. The molecule has 8 atom stereocenters. The lowest BCUT2D eigenvalue weighted by Crippen LogP contribution is -2.97. The summed E-state index contributed by atoms with van der Waals surface area (Å²) in [5.41, 5.74) is 4.72. The molecule has 1 fully saturated rings. The van der Waals surface area contributed by atoms with Crippen LogP contribution in [0.15, 0.2) is 0 Å². The first-order valence-corrected chi connectivity index (χ1v) is 26.6. The van der Waals surface area contributed by atoms with Crippen LogP contribution in [-0.4, -0.2) is 168 Å². The van der Waals surface area contributed by atoms with E-state index in [2.05, 4.69) is 101 Å². The Morgan fingerprint density at radius 1 is 0.639 bits per heavy atom. The summed E-state index contributed by atoms with van der Waals surface area (Å²) in [6.07, 6.45) is -2.47. The van der Waals surface area contributed by atoms with Crippen LogP contribution in [0.5, 0.6) is 0 Å². The zero-order valence-corrected chi connectivity index (χ0v) is 47.8. The van der Waals surface area contributed by atoms with Crippen LogP contribution in [0.25, 0.3) is 0 Å². The monoisotopic (exact) mass is 1230 g/mol. The smallest absolute Gasteiger partial charge is 0.444 e. The van der Waals surface area contributed by atoms with Gasteiger partial charge >= 0.3 is 18.2 Å². The fourth-order valence-corrected chi connectivity index (χ4v) is 5.58. The average molecular weight is 1240 g/mol. The summed E-state index contributed by atoms with van der Waals surface area (Å²) in [4.78, 5) is 114. The van der Waals surface area contributed by atoms with Gasteiger partial charge in [-0.1, -0.05) is 47.8 Å². The van der Waals surface area contributed by atoms with Crippen molar-refractivity contribution in [2.45, 2.75) is 162 Å². The van der Waals surface area contributed by atoms with Gasteiger partial charge in [-0.15, -0.1) is 0 Å². The van der Waals surface area contributed by atoms with Crippen LogP contribution in [0.2, 0.25) is 0 Å². The second-order valence-corrected chi connectivity index (χ2v) is 19.6. The number of halogens is 6. The third-order valence-corrected chi connectivity index (χ3v) is 10.7. The van der Waals surface area contributed by atoms with E-state index in [1.807, 2.05) is 0 Å². The van der Waals surface area contributed by atoms with Crippen molar-refractivity contribution in [3.05, 3.63) is 0 Å². The maximum atomic E-state index is 12.1. The second-order valence-electron chi connectivity index (χ2n) is 17.2. The highest BCUT2D eigenvalue weighted by Gasteiger charge is 2.45. The van der Waals surface area contributed by atoms with Crippen LogP contribution in [-0.2, 0) is 47.9 Å². The number of amides is 10. The number of carbonyl (C=O) groups excluding carboxylic acids is 10. The lowest BCUT2D eigenvalue weighted by molar-refractivity contribution is -0.601. The molecule has 0 aromatic carbocycles. The highest BCUT2D eigenvalue weighted by molar-refractivity contribution is 9.09. The minimum absolute atomic E-state index is 0.118. The van der Waals surface area contributed by atoms with Crippen LogP contribution < -0.4 is 64.2 Å². The normalized spacial score (nSPS) is 17.2. The first-order chi connectivity index (χ1) is 33.2. The van der Waals surface area contributed by atoms with Crippen molar-refractivity contribution in [2.24, 2.45) is 5.73 Å².